The van der Waals surface area contributed by atoms with E-state index in [-0.39, 0.29) is 5.69 Å². The minimum Gasteiger partial charge on any atom is -0.377 e. The molecule has 0 unspecified atom stereocenters. The van der Waals surface area contributed by atoms with Gasteiger partial charge < -0.3 is 5.11 Å². The highest BCUT2D eigenvalue weighted by atomic mass is 19.4. The van der Waals surface area contributed by atoms with E-state index in [1.165, 1.54) is 24.3 Å². The van der Waals surface area contributed by atoms with Crippen LogP contribution in [0, 0.1) is 0 Å². The molecule has 23 heavy (non-hydrogen) atoms. The number of aliphatic hydroxyl groups excluding tert-OH is 1. The van der Waals surface area contributed by atoms with Gasteiger partial charge in [0.05, 0.1) is 11.3 Å². The van der Waals surface area contributed by atoms with Crippen molar-refractivity contribution in [1.29, 1.82) is 0 Å². The molecule has 0 saturated heterocycles. The van der Waals surface area contributed by atoms with Crippen molar-refractivity contribution in [2.45, 2.75) is 18.2 Å². The summed E-state index contributed by atoms with van der Waals surface area (Å²) < 4.78 is 40.1. The fourth-order valence-corrected chi connectivity index (χ4v) is 2.48. The average molecular weight is 326 g/mol. The second kappa shape index (κ2) is 4.92. The standard InChI is InChI=1S/C14H9F3N2O4/c15-14(16,17)12-8(7-9(20)11(22)10(7)21)13(23)19(18-12)6-4-2-1-3-5-6/h1-5,7,11,18,22H. The number of para-hydroxylation sites is 1. The number of aliphatic hydroxyl groups is 1. The number of ketones is 2. The Morgan fingerprint density at radius 2 is 1.61 bits per heavy atom. The molecule has 0 radical (unpaired) electrons. The minimum atomic E-state index is -4.96. The zero-order valence-electron chi connectivity index (χ0n) is 11.3. The molecule has 1 fully saturated rings. The normalized spacial score (nSPS) is 21.4. The summed E-state index contributed by atoms with van der Waals surface area (Å²) in [6.07, 6.45) is -6.93. The van der Waals surface area contributed by atoms with Crippen molar-refractivity contribution in [3.8, 4) is 5.69 Å². The molecule has 0 bridgehead atoms. The minimum absolute atomic E-state index is 0.119. The smallest absolute Gasteiger partial charge is 0.377 e. The van der Waals surface area contributed by atoms with Gasteiger partial charge in [-0.3, -0.25) is 19.5 Å². The fraction of sp³-hybridized carbons (Fsp3) is 0.214. The lowest BCUT2D eigenvalue weighted by molar-refractivity contribution is -0.154. The van der Waals surface area contributed by atoms with Crippen LogP contribution < -0.4 is 5.56 Å². The number of aromatic amines is 1. The quantitative estimate of drug-likeness (QED) is 0.798. The van der Waals surface area contributed by atoms with Crippen LogP contribution in [-0.2, 0) is 15.8 Å². The third-order valence-corrected chi connectivity index (χ3v) is 3.62. The summed E-state index contributed by atoms with van der Waals surface area (Å²) in [7, 11) is 0. The highest BCUT2D eigenvalue weighted by molar-refractivity contribution is 6.29. The number of aromatic nitrogens is 2. The summed E-state index contributed by atoms with van der Waals surface area (Å²) in [5.41, 5.74) is -3.48. The maximum absolute atomic E-state index is 13.2. The number of hydrogen-bond donors (Lipinski definition) is 2. The Hall–Kier alpha value is -2.68. The molecule has 120 valence electrons. The van der Waals surface area contributed by atoms with E-state index in [0.717, 1.165) is 0 Å². The first-order valence-corrected chi connectivity index (χ1v) is 6.46. The van der Waals surface area contributed by atoms with Gasteiger partial charge in [0.1, 0.15) is 11.6 Å². The SMILES string of the molecule is O=C1C(O)C(=O)C1c1c(C(F)(F)F)[nH]n(-c2ccccc2)c1=O. The topological polar surface area (TPSA) is 92.2 Å². The van der Waals surface area contributed by atoms with Crippen LogP contribution in [0.4, 0.5) is 13.2 Å². The molecule has 2 N–H and O–H groups in total. The van der Waals surface area contributed by atoms with E-state index in [9.17, 15) is 27.6 Å². The summed E-state index contributed by atoms with van der Waals surface area (Å²) >= 11 is 0. The molecule has 0 aliphatic heterocycles. The summed E-state index contributed by atoms with van der Waals surface area (Å²) in [5, 5.41) is 11.0. The van der Waals surface area contributed by atoms with Crippen molar-refractivity contribution in [3.63, 3.8) is 0 Å². The van der Waals surface area contributed by atoms with E-state index in [0.29, 0.717) is 4.68 Å². The Morgan fingerprint density at radius 3 is 2.13 bits per heavy atom. The second-order valence-corrected chi connectivity index (χ2v) is 5.01. The van der Waals surface area contributed by atoms with Gasteiger partial charge in [0.15, 0.2) is 17.7 Å². The van der Waals surface area contributed by atoms with Crippen molar-refractivity contribution in [3.05, 3.63) is 51.9 Å². The van der Waals surface area contributed by atoms with E-state index >= 15 is 0 Å². The number of rotatable bonds is 2. The monoisotopic (exact) mass is 326 g/mol. The zero-order chi connectivity index (χ0) is 16.9. The number of carbonyl (C=O) groups is 2. The van der Waals surface area contributed by atoms with E-state index in [1.54, 1.807) is 6.07 Å². The lowest BCUT2D eigenvalue weighted by Gasteiger charge is -2.27. The summed E-state index contributed by atoms with van der Waals surface area (Å²) in [5.74, 6) is -4.12. The van der Waals surface area contributed by atoms with E-state index in [4.69, 9.17) is 5.11 Å². The average Bonchev–Trinajstić information content (AvgIpc) is 2.85. The largest absolute Gasteiger partial charge is 0.433 e. The van der Waals surface area contributed by atoms with Crippen molar-refractivity contribution in [2.75, 3.05) is 0 Å². The zero-order valence-corrected chi connectivity index (χ0v) is 11.3. The van der Waals surface area contributed by atoms with Crippen LogP contribution in [0.5, 0.6) is 0 Å². The molecule has 3 rings (SSSR count). The highest BCUT2D eigenvalue weighted by Gasteiger charge is 2.54. The summed E-state index contributed by atoms with van der Waals surface area (Å²) in [6.45, 7) is 0. The Bertz CT molecular complexity index is 835. The molecule has 1 saturated carbocycles. The van der Waals surface area contributed by atoms with Crippen LogP contribution in [0.3, 0.4) is 0 Å². The number of benzene rings is 1. The number of nitrogens with zero attached hydrogens (tertiary/aromatic N) is 1. The lowest BCUT2D eigenvalue weighted by Crippen LogP contribution is -2.52. The molecule has 1 aromatic heterocycles. The van der Waals surface area contributed by atoms with Crippen LogP contribution in [0.15, 0.2) is 35.1 Å². The fourth-order valence-electron chi connectivity index (χ4n) is 2.48. The van der Waals surface area contributed by atoms with Crippen molar-refractivity contribution in [1.82, 2.24) is 9.78 Å². The van der Waals surface area contributed by atoms with Crippen LogP contribution in [0.1, 0.15) is 17.2 Å². The highest BCUT2D eigenvalue weighted by Crippen LogP contribution is 2.37. The van der Waals surface area contributed by atoms with Gasteiger partial charge in [0.25, 0.3) is 5.56 Å². The molecule has 0 amide bonds. The maximum atomic E-state index is 13.2. The van der Waals surface area contributed by atoms with E-state index in [1.807, 2.05) is 5.10 Å². The Morgan fingerprint density at radius 1 is 1.04 bits per heavy atom. The predicted octanol–water partition coefficient (Wildman–Crippen LogP) is 0.781. The molecule has 9 heteroatoms. The number of H-pyrrole nitrogens is 1. The molecule has 2 aromatic rings. The van der Waals surface area contributed by atoms with E-state index in [2.05, 4.69) is 0 Å². The molecule has 1 aliphatic carbocycles. The van der Waals surface area contributed by atoms with Crippen molar-refractivity contribution in [2.24, 2.45) is 0 Å². The van der Waals surface area contributed by atoms with Gasteiger partial charge >= 0.3 is 6.18 Å². The second-order valence-electron chi connectivity index (χ2n) is 5.01. The number of nitrogens with one attached hydrogen (secondary N) is 1. The number of carbonyl (C=O) groups excluding carboxylic acids is 2. The molecular weight excluding hydrogens is 317 g/mol. The van der Waals surface area contributed by atoms with Gasteiger partial charge in [0.2, 0.25) is 0 Å². The first-order valence-electron chi connectivity index (χ1n) is 6.46. The number of hydrogen-bond acceptors (Lipinski definition) is 4. The lowest BCUT2D eigenvalue weighted by atomic mass is 9.74. The molecule has 1 aliphatic rings. The third-order valence-electron chi connectivity index (χ3n) is 3.62. The van der Waals surface area contributed by atoms with Gasteiger partial charge in [-0.1, -0.05) is 18.2 Å². The Kier molecular flexibility index (Phi) is 3.25. The number of Topliss-reactive ketones (excluding diaryl/α,β-unsaturated/α-hetero) is 2. The van der Waals surface area contributed by atoms with Crippen molar-refractivity contribution < 1.29 is 27.9 Å². The van der Waals surface area contributed by atoms with Gasteiger partial charge in [-0.2, -0.15) is 13.2 Å². The van der Waals surface area contributed by atoms with Gasteiger partial charge in [-0.15, -0.1) is 0 Å². The molecule has 6 nitrogen and oxygen atoms in total. The molecule has 0 atom stereocenters. The van der Waals surface area contributed by atoms with Gasteiger partial charge in [-0.05, 0) is 12.1 Å². The number of alkyl halides is 3. The van der Waals surface area contributed by atoms with Crippen LogP contribution in [0.2, 0.25) is 0 Å². The number of halogens is 3. The van der Waals surface area contributed by atoms with E-state index < -0.39 is 46.6 Å². The first kappa shape index (κ1) is 15.2. The maximum Gasteiger partial charge on any atom is 0.433 e. The Labute approximate surface area is 126 Å². The summed E-state index contributed by atoms with van der Waals surface area (Å²) in [6, 6.07) is 7.42. The molecule has 1 aromatic carbocycles. The van der Waals surface area contributed by atoms with Crippen LogP contribution >= 0.6 is 0 Å². The van der Waals surface area contributed by atoms with Gasteiger partial charge in [0, 0.05) is 0 Å². The van der Waals surface area contributed by atoms with Crippen molar-refractivity contribution >= 4 is 11.6 Å². The molecule has 1 heterocycles. The Balaban J connectivity index is 2.23. The first-order chi connectivity index (χ1) is 10.7. The molecule has 0 spiro atoms. The summed E-state index contributed by atoms with van der Waals surface area (Å²) in [4.78, 5) is 35.4. The third kappa shape index (κ3) is 2.20. The van der Waals surface area contributed by atoms with Gasteiger partial charge in [-0.25, -0.2) is 4.68 Å². The van der Waals surface area contributed by atoms with Crippen LogP contribution in [0.25, 0.3) is 5.69 Å². The molecular formula is C14H9F3N2O4. The predicted molar refractivity (Wildman–Crippen MR) is 70.2 cm³/mol. The van der Waals surface area contributed by atoms with Crippen LogP contribution in [-0.4, -0.2) is 32.6 Å².